The molecule has 188 valence electrons. The van der Waals surface area contributed by atoms with Crippen molar-refractivity contribution >= 4 is 35.7 Å². The topological polar surface area (TPSA) is 97.2 Å². The fourth-order valence-corrected chi connectivity index (χ4v) is 3.94. The lowest BCUT2D eigenvalue weighted by molar-refractivity contribution is 0.121. The summed E-state index contributed by atoms with van der Waals surface area (Å²) in [7, 11) is 0. The molecule has 0 radical (unpaired) electrons. The van der Waals surface area contributed by atoms with E-state index in [1.165, 1.54) is 0 Å². The zero-order valence-electron chi connectivity index (χ0n) is 19.8. The molecule has 0 saturated carbocycles. The van der Waals surface area contributed by atoms with Gasteiger partial charge in [-0.2, -0.15) is 20.1 Å². The van der Waals surface area contributed by atoms with Gasteiger partial charge >= 0.3 is 0 Å². The lowest BCUT2D eigenvalue weighted by Gasteiger charge is -2.30. The molecule has 3 aromatic rings. The molecule has 0 amide bonds. The van der Waals surface area contributed by atoms with Crippen molar-refractivity contribution in [2.45, 2.75) is 6.61 Å². The van der Waals surface area contributed by atoms with Gasteiger partial charge in [-0.05, 0) is 35.4 Å². The van der Waals surface area contributed by atoms with E-state index in [0.29, 0.717) is 55.9 Å². The highest BCUT2D eigenvalue weighted by Crippen LogP contribution is 2.19. The van der Waals surface area contributed by atoms with Gasteiger partial charge in [-0.1, -0.05) is 35.9 Å². The van der Waals surface area contributed by atoms with Gasteiger partial charge in [0.1, 0.15) is 12.4 Å². The van der Waals surface area contributed by atoms with Crippen molar-refractivity contribution in [3.63, 3.8) is 0 Å². The summed E-state index contributed by atoms with van der Waals surface area (Å²) in [5.74, 6) is 2.37. The Balaban J connectivity index is 1.26. The molecule has 1 N–H and O–H groups in total. The molecular weight excluding hydrogens is 482 g/mol. The average molecular weight is 510 g/mol. The van der Waals surface area contributed by atoms with E-state index in [2.05, 4.69) is 30.3 Å². The maximum absolute atomic E-state index is 5.95. The largest absolute Gasteiger partial charge is 0.489 e. The zero-order chi connectivity index (χ0) is 24.6. The van der Waals surface area contributed by atoms with E-state index in [9.17, 15) is 0 Å². The number of halogens is 1. The number of benzene rings is 2. The van der Waals surface area contributed by atoms with E-state index in [-0.39, 0.29) is 0 Å². The predicted molar refractivity (Wildman–Crippen MR) is 139 cm³/mol. The molecule has 2 aromatic carbocycles. The number of nitrogens with one attached hydrogen (secondary N) is 1. The lowest BCUT2D eigenvalue weighted by atomic mass is 10.2. The number of hydrogen-bond donors (Lipinski definition) is 1. The molecule has 2 aliphatic heterocycles. The van der Waals surface area contributed by atoms with Gasteiger partial charge in [0, 0.05) is 31.2 Å². The van der Waals surface area contributed by atoms with Gasteiger partial charge in [-0.25, -0.2) is 5.43 Å². The first kappa shape index (κ1) is 24.2. The predicted octanol–water partition coefficient (Wildman–Crippen LogP) is 3.22. The fraction of sp³-hybridized carbons (Fsp3) is 0.360. The second-order valence-electron chi connectivity index (χ2n) is 8.32. The van der Waals surface area contributed by atoms with Crippen molar-refractivity contribution in [1.82, 2.24) is 15.0 Å². The summed E-state index contributed by atoms with van der Waals surface area (Å²) < 4.78 is 16.9. The normalized spacial score (nSPS) is 16.4. The third-order valence-electron chi connectivity index (χ3n) is 5.75. The Morgan fingerprint density at radius 2 is 1.53 bits per heavy atom. The summed E-state index contributed by atoms with van der Waals surface area (Å²) in [6, 6.07) is 15.3. The van der Waals surface area contributed by atoms with Gasteiger partial charge < -0.3 is 24.0 Å². The summed E-state index contributed by atoms with van der Waals surface area (Å²) >= 11 is 5.95. The van der Waals surface area contributed by atoms with E-state index in [1.54, 1.807) is 6.21 Å². The SMILES string of the molecule is Clc1ccc(COc2cccc(C=NNc3nc(N4CCOCC4)nc(N4CCOCC4)n3)c2)cc1. The van der Waals surface area contributed by atoms with Gasteiger partial charge in [0.25, 0.3) is 0 Å². The molecule has 11 heteroatoms. The van der Waals surface area contributed by atoms with Crippen LogP contribution in [0.5, 0.6) is 5.75 Å². The summed E-state index contributed by atoms with van der Waals surface area (Å²) in [5.41, 5.74) is 4.90. The Bertz CT molecular complexity index is 1130. The standard InChI is InChI=1S/C25H28ClN7O3/c26-21-6-4-19(5-7-21)18-36-22-3-1-2-20(16-22)17-27-31-23-28-24(32-8-12-34-13-9-32)30-25(29-23)33-10-14-35-15-11-33/h1-7,16-17H,8-15,18H2,(H,28,29,30,31). The van der Waals surface area contributed by atoms with E-state index in [1.807, 2.05) is 48.5 Å². The highest BCUT2D eigenvalue weighted by Gasteiger charge is 2.20. The van der Waals surface area contributed by atoms with Crippen LogP contribution in [-0.4, -0.2) is 73.8 Å². The summed E-state index contributed by atoms with van der Waals surface area (Å²) in [4.78, 5) is 18.1. The smallest absolute Gasteiger partial charge is 0.250 e. The number of ether oxygens (including phenoxy) is 3. The Kier molecular flexibility index (Phi) is 8.06. The van der Waals surface area contributed by atoms with E-state index < -0.39 is 0 Å². The number of hydrazone groups is 1. The maximum atomic E-state index is 5.95. The molecule has 0 aliphatic carbocycles. The second kappa shape index (κ2) is 12.0. The molecule has 2 aliphatic rings. The van der Waals surface area contributed by atoms with Gasteiger partial charge in [-0.15, -0.1) is 0 Å². The fourth-order valence-electron chi connectivity index (χ4n) is 3.81. The Hall–Kier alpha value is -3.47. The lowest BCUT2D eigenvalue weighted by Crippen LogP contribution is -2.40. The van der Waals surface area contributed by atoms with Gasteiger partial charge in [0.05, 0.1) is 32.6 Å². The number of nitrogens with zero attached hydrogens (tertiary/aromatic N) is 6. The third kappa shape index (κ3) is 6.60. The molecule has 10 nitrogen and oxygen atoms in total. The molecular formula is C25H28ClN7O3. The van der Waals surface area contributed by atoms with Gasteiger partial charge in [0.15, 0.2) is 0 Å². The van der Waals surface area contributed by atoms with Crippen LogP contribution >= 0.6 is 11.6 Å². The highest BCUT2D eigenvalue weighted by atomic mass is 35.5. The van der Waals surface area contributed by atoms with Crippen LogP contribution in [0.1, 0.15) is 11.1 Å². The van der Waals surface area contributed by atoms with E-state index in [4.69, 9.17) is 30.8 Å². The Morgan fingerprint density at radius 3 is 2.17 bits per heavy atom. The van der Waals surface area contributed by atoms with Crippen molar-refractivity contribution in [3.05, 3.63) is 64.7 Å². The molecule has 2 saturated heterocycles. The molecule has 0 bridgehead atoms. The van der Waals surface area contributed by atoms with Crippen LogP contribution in [0.3, 0.4) is 0 Å². The number of aromatic nitrogens is 3. The van der Waals surface area contributed by atoms with Crippen LogP contribution in [0.25, 0.3) is 0 Å². The van der Waals surface area contributed by atoms with Crippen molar-refractivity contribution < 1.29 is 14.2 Å². The number of hydrogen-bond acceptors (Lipinski definition) is 10. The second-order valence-corrected chi connectivity index (χ2v) is 8.75. The maximum Gasteiger partial charge on any atom is 0.250 e. The van der Waals surface area contributed by atoms with Gasteiger partial charge in [0.2, 0.25) is 17.8 Å². The average Bonchev–Trinajstić information content (AvgIpc) is 2.94. The molecule has 5 rings (SSSR count). The van der Waals surface area contributed by atoms with Crippen molar-refractivity contribution in [2.75, 3.05) is 67.8 Å². The first-order valence-electron chi connectivity index (χ1n) is 11.9. The zero-order valence-corrected chi connectivity index (χ0v) is 20.6. The minimum Gasteiger partial charge on any atom is -0.489 e. The molecule has 3 heterocycles. The number of anilines is 3. The Morgan fingerprint density at radius 1 is 0.889 bits per heavy atom. The van der Waals surface area contributed by atoms with Gasteiger partial charge in [-0.3, -0.25) is 0 Å². The molecule has 0 atom stereocenters. The third-order valence-corrected chi connectivity index (χ3v) is 6.01. The van der Waals surface area contributed by atoms with Crippen LogP contribution in [0.4, 0.5) is 17.8 Å². The van der Waals surface area contributed by atoms with Crippen LogP contribution in [-0.2, 0) is 16.1 Å². The minimum atomic E-state index is 0.388. The summed E-state index contributed by atoms with van der Waals surface area (Å²) in [6.45, 7) is 5.99. The summed E-state index contributed by atoms with van der Waals surface area (Å²) in [6.07, 6.45) is 1.71. The molecule has 1 aromatic heterocycles. The van der Waals surface area contributed by atoms with E-state index in [0.717, 1.165) is 43.1 Å². The van der Waals surface area contributed by atoms with Crippen molar-refractivity contribution in [2.24, 2.45) is 5.10 Å². The highest BCUT2D eigenvalue weighted by molar-refractivity contribution is 6.30. The molecule has 0 spiro atoms. The van der Waals surface area contributed by atoms with Crippen LogP contribution in [0, 0.1) is 0 Å². The molecule has 2 fully saturated rings. The quantitative estimate of drug-likeness (QED) is 0.362. The van der Waals surface area contributed by atoms with Crippen LogP contribution in [0.15, 0.2) is 53.6 Å². The van der Waals surface area contributed by atoms with Crippen molar-refractivity contribution in [3.8, 4) is 5.75 Å². The monoisotopic (exact) mass is 509 g/mol. The summed E-state index contributed by atoms with van der Waals surface area (Å²) in [5, 5.41) is 5.07. The van der Waals surface area contributed by atoms with E-state index >= 15 is 0 Å². The van der Waals surface area contributed by atoms with Crippen LogP contribution < -0.4 is 20.0 Å². The number of morpholine rings is 2. The first-order valence-corrected chi connectivity index (χ1v) is 12.3. The minimum absolute atomic E-state index is 0.388. The molecule has 0 unspecified atom stereocenters. The Labute approximate surface area is 214 Å². The number of rotatable bonds is 8. The molecule has 36 heavy (non-hydrogen) atoms. The van der Waals surface area contributed by atoms with Crippen molar-refractivity contribution in [1.29, 1.82) is 0 Å². The first-order chi connectivity index (χ1) is 17.7. The van der Waals surface area contributed by atoms with Crippen LogP contribution in [0.2, 0.25) is 5.02 Å².